The lowest BCUT2D eigenvalue weighted by molar-refractivity contribution is -0.119. The van der Waals surface area contributed by atoms with Gasteiger partial charge in [0.05, 0.1) is 19.8 Å². The van der Waals surface area contributed by atoms with E-state index in [4.69, 9.17) is 4.74 Å². The van der Waals surface area contributed by atoms with Crippen LogP contribution in [-0.4, -0.2) is 56.1 Å². The van der Waals surface area contributed by atoms with Crippen LogP contribution in [0.25, 0.3) is 0 Å². The van der Waals surface area contributed by atoms with Gasteiger partial charge in [0.15, 0.2) is 0 Å². The summed E-state index contributed by atoms with van der Waals surface area (Å²) in [5.74, 6) is 0.0134. The van der Waals surface area contributed by atoms with Crippen molar-refractivity contribution in [3.63, 3.8) is 0 Å². The Morgan fingerprint density at radius 3 is 2.56 bits per heavy atom. The predicted molar refractivity (Wildman–Crippen MR) is 106 cm³/mol. The molecule has 0 spiro atoms. The summed E-state index contributed by atoms with van der Waals surface area (Å²) in [6, 6.07) is 7.28. The lowest BCUT2D eigenvalue weighted by Gasteiger charge is -2.26. The average molecular weight is 371 g/mol. The second kappa shape index (κ2) is 10.1. The van der Waals surface area contributed by atoms with Gasteiger partial charge in [0, 0.05) is 30.9 Å². The number of nitrogens with one attached hydrogen (secondary N) is 2. The molecule has 1 saturated heterocycles. The maximum atomic E-state index is 12.4. The molecule has 1 fully saturated rings. The number of hydrogen-bond donors (Lipinski definition) is 2. The van der Waals surface area contributed by atoms with E-state index in [-0.39, 0.29) is 18.4 Å². The standard InChI is InChI=1S/C21H29N3O3/c25-20(22-11-10-17-4-2-1-3-5-17)16-23-19-8-6-18(7-9-19)21(26)24-12-14-27-15-13-24/h4,6-9,23H,1-3,5,10-16H2,(H,22,25). The molecule has 27 heavy (non-hydrogen) atoms. The van der Waals surface area contributed by atoms with Gasteiger partial charge in [0.25, 0.3) is 5.91 Å². The molecule has 1 aliphatic carbocycles. The van der Waals surface area contributed by atoms with E-state index in [1.807, 2.05) is 12.1 Å². The summed E-state index contributed by atoms with van der Waals surface area (Å²) >= 11 is 0. The van der Waals surface area contributed by atoms with Gasteiger partial charge in [0.2, 0.25) is 5.91 Å². The fraction of sp³-hybridized carbons (Fsp3) is 0.524. The van der Waals surface area contributed by atoms with Crippen LogP contribution in [0.3, 0.4) is 0 Å². The first-order chi connectivity index (χ1) is 13.2. The summed E-state index contributed by atoms with van der Waals surface area (Å²) in [7, 11) is 0. The van der Waals surface area contributed by atoms with Gasteiger partial charge in [-0.1, -0.05) is 11.6 Å². The SMILES string of the molecule is O=C(CNc1ccc(C(=O)N2CCOCC2)cc1)NCCC1=CCCCC1. The number of allylic oxidation sites excluding steroid dienone is 1. The van der Waals surface area contributed by atoms with E-state index in [1.165, 1.54) is 31.3 Å². The zero-order valence-electron chi connectivity index (χ0n) is 15.8. The van der Waals surface area contributed by atoms with Gasteiger partial charge in [0.1, 0.15) is 0 Å². The second-order valence-electron chi connectivity index (χ2n) is 7.04. The van der Waals surface area contributed by atoms with Gasteiger partial charge in [-0.3, -0.25) is 9.59 Å². The maximum absolute atomic E-state index is 12.4. The predicted octanol–water partition coefficient (Wildman–Crippen LogP) is 2.58. The third-order valence-corrected chi connectivity index (χ3v) is 5.04. The van der Waals surface area contributed by atoms with Crippen molar-refractivity contribution in [1.82, 2.24) is 10.2 Å². The number of nitrogens with zero attached hydrogens (tertiary/aromatic N) is 1. The van der Waals surface area contributed by atoms with Crippen LogP contribution in [0, 0.1) is 0 Å². The van der Waals surface area contributed by atoms with E-state index in [0.717, 1.165) is 12.1 Å². The largest absolute Gasteiger partial charge is 0.378 e. The van der Waals surface area contributed by atoms with Crippen LogP contribution in [0.5, 0.6) is 0 Å². The number of hydrogen-bond acceptors (Lipinski definition) is 4. The monoisotopic (exact) mass is 371 g/mol. The van der Waals surface area contributed by atoms with Crippen molar-refractivity contribution >= 4 is 17.5 Å². The third-order valence-electron chi connectivity index (χ3n) is 5.04. The Balaban J connectivity index is 1.38. The van der Waals surface area contributed by atoms with Gasteiger partial charge in [-0.2, -0.15) is 0 Å². The van der Waals surface area contributed by atoms with Crippen LogP contribution in [-0.2, 0) is 9.53 Å². The minimum atomic E-state index is -0.0140. The molecule has 1 heterocycles. The summed E-state index contributed by atoms with van der Waals surface area (Å²) in [6.45, 7) is 3.39. The van der Waals surface area contributed by atoms with Crippen LogP contribution in [0.2, 0.25) is 0 Å². The average Bonchev–Trinajstić information content (AvgIpc) is 2.73. The highest BCUT2D eigenvalue weighted by molar-refractivity contribution is 5.94. The lowest BCUT2D eigenvalue weighted by Crippen LogP contribution is -2.40. The van der Waals surface area contributed by atoms with Crippen LogP contribution < -0.4 is 10.6 Å². The number of morpholine rings is 1. The first-order valence-corrected chi connectivity index (χ1v) is 9.88. The van der Waals surface area contributed by atoms with Crippen molar-refractivity contribution < 1.29 is 14.3 Å². The molecular weight excluding hydrogens is 342 g/mol. The van der Waals surface area contributed by atoms with Crippen molar-refractivity contribution in [2.24, 2.45) is 0 Å². The smallest absolute Gasteiger partial charge is 0.254 e. The second-order valence-corrected chi connectivity index (χ2v) is 7.04. The van der Waals surface area contributed by atoms with E-state index < -0.39 is 0 Å². The van der Waals surface area contributed by atoms with E-state index >= 15 is 0 Å². The normalized spacial score (nSPS) is 17.2. The summed E-state index contributed by atoms with van der Waals surface area (Å²) in [5.41, 5.74) is 2.96. The molecule has 1 aliphatic heterocycles. The fourth-order valence-electron chi connectivity index (χ4n) is 3.42. The molecule has 0 atom stereocenters. The first kappa shape index (κ1) is 19.4. The zero-order chi connectivity index (χ0) is 18.9. The summed E-state index contributed by atoms with van der Waals surface area (Å²) in [6.07, 6.45) is 8.16. The van der Waals surface area contributed by atoms with Crippen molar-refractivity contribution in [2.45, 2.75) is 32.1 Å². The Kier molecular flexibility index (Phi) is 7.27. The summed E-state index contributed by atoms with van der Waals surface area (Å²) in [4.78, 5) is 26.2. The summed E-state index contributed by atoms with van der Waals surface area (Å²) < 4.78 is 5.28. The van der Waals surface area contributed by atoms with Crippen molar-refractivity contribution in [1.29, 1.82) is 0 Å². The molecule has 1 aromatic carbocycles. The van der Waals surface area contributed by atoms with E-state index in [9.17, 15) is 9.59 Å². The highest BCUT2D eigenvalue weighted by Crippen LogP contribution is 2.19. The molecule has 2 N–H and O–H groups in total. The van der Waals surface area contributed by atoms with Gasteiger partial charge < -0.3 is 20.3 Å². The van der Waals surface area contributed by atoms with Crippen LogP contribution in [0.1, 0.15) is 42.5 Å². The molecule has 0 radical (unpaired) electrons. The Bertz CT molecular complexity index is 664. The fourth-order valence-corrected chi connectivity index (χ4v) is 3.42. The van der Waals surface area contributed by atoms with E-state index in [1.54, 1.807) is 17.0 Å². The topological polar surface area (TPSA) is 70.7 Å². The molecule has 1 aromatic rings. The van der Waals surface area contributed by atoms with Crippen molar-refractivity contribution in [2.75, 3.05) is 44.7 Å². The molecule has 146 valence electrons. The quantitative estimate of drug-likeness (QED) is 0.723. The van der Waals surface area contributed by atoms with Gasteiger partial charge in [-0.05, 0) is 56.4 Å². The van der Waals surface area contributed by atoms with Crippen LogP contribution in [0.15, 0.2) is 35.9 Å². The third kappa shape index (κ3) is 6.10. The molecular formula is C21H29N3O3. The van der Waals surface area contributed by atoms with E-state index in [2.05, 4.69) is 16.7 Å². The first-order valence-electron chi connectivity index (χ1n) is 9.88. The number of carbonyl (C=O) groups is 2. The van der Waals surface area contributed by atoms with Crippen molar-refractivity contribution in [3.8, 4) is 0 Å². The Morgan fingerprint density at radius 1 is 1.07 bits per heavy atom. The number of amides is 2. The van der Waals surface area contributed by atoms with Gasteiger partial charge in [-0.15, -0.1) is 0 Å². The van der Waals surface area contributed by atoms with Gasteiger partial charge >= 0.3 is 0 Å². The highest BCUT2D eigenvalue weighted by atomic mass is 16.5. The van der Waals surface area contributed by atoms with E-state index in [0.29, 0.717) is 38.4 Å². The van der Waals surface area contributed by atoms with Crippen LogP contribution >= 0.6 is 0 Å². The highest BCUT2D eigenvalue weighted by Gasteiger charge is 2.18. The Hall–Kier alpha value is -2.34. The van der Waals surface area contributed by atoms with Crippen molar-refractivity contribution in [3.05, 3.63) is 41.5 Å². The number of rotatable bonds is 7. The number of anilines is 1. The van der Waals surface area contributed by atoms with Gasteiger partial charge in [-0.25, -0.2) is 0 Å². The zero-order valence-corrected chi connectivity index (χ0v) is 15.8. The molecule has 6 nitrogen and oxygen atoms in total. The molecule has 0 saturated carbocycles. The van der Waals surface area contributed by atoms with Crippen LogP contribution in [0.4, 0.5) is 5.69 Å². The molecule has 2 amide bonds. The lowest BCUT2D eigenvalue weighted by atomic mass is 9.97. The minimum Gasteiger partial charge on any atom is -0.378 e. The summed E-state index contributed by atoms with van der Waals surface area (Å²) in [5, 5.41) is 6.06. The Labute approximate surface area is 161 Å². The number of benzene rings is 1. The molecule has 0 aromatic heterocycles. The molecule has 6 heteroatoms. The molecule has 0 unspecified atom stereocenters. The Morgan fingerprint density at radius 2 is 1.85 bits per heavy atom. The molecule has 0 bridgehead atoms. The minimum absolute atomic E-state index is 0.0140. The maximum Gasteiger partial charge on any atom is 0.254 e. The number of ether oxygens (including phenoxy) is 1. The number of carbonyl (C=O) groups excluding carboxylic acids is 2. The molecule has 2 aliphatic rings. The molecule has 3 rings (SSSR count).